The third-order valence-corrected chi connectivity index (χ3v) is 3.11. The molecule has 1 fully saturated rings. The maximum atomic E-state index is 11.9. The minimum atomic E-state index is -0.423. The van der Waals surface area contributed by atoms with Crippen LogP contribution in [0.25, 0.3) is 0 Å². The van der Waals surface area contributed by atoms with Crippen molar-refractivity contribution in [2.24, 2.45) is 0 Å². The van der Waals surface area contributed by atoms with Crippen molar-refractivity contribution in [3.8, 4) is 5.75 Å². The Morgan fingerprint density at radius 2 is 2.19 bits per heavy atom. The Kier molecular flexibility index (Phi) is 5.57. The largest absolute Gasteiger partial charge is 0.492 e. The van der Waals surface area contributed by atoms with Crippen LogP contribution in [-0.2, 0) is 14.3 Å². The zero-order valence-electron chi connectivity index (χ0n) is 12.1. The van der Waals surface area contributed by atoms with Crippen molar-refractivity contribution in [2.75, 3.05) is 25.1 Å². The van der Waals surface area contributed by atoms with Crippen LogP contribution in [0.5, 0.6) is 5.75 Å². The summed E-state index contributed by atoms with van der Waals surface area (Å²) < 4.78 is 10.7. The van der Waals surface area contributed by atoms with Crippen LogP contribution in [0.2, 0.25) is 0 Å². The van der Waals surface area contributed by atoms with Gasteiger partial charge in [0.25, 0.3) is 0 Å². The summed E-state index contributed by atoms with van der Waals surface area (Å²) in [5.74, 6) is 0.0769. The normalized spacial score (nSPS) is 17.3. The molecular formula is C15H20N2O4. The molecular weight excluding hydrogens is 272 g/mol. The Balaban J connectivity index is 1.82. The number of carbonyl (C=O) groups is 2. The van der Waals surface area contributed by atoms with Gasteiger partial charge in [0, 0.05) is 6.61 Å². The summed E-state index contributed by atoms with van der Waals surface area (Å²) in [6.45, 7) is 2.91. The topological polar surface area (TPSA) is 76.7 Å². The summed E-state index contributed by atoms with van der Waals surface area (Å²) in [7, 11) is 0. The van der Waals surface area contributed by atoms with E-state index in [2.05, 4.69) is 10.6 Å². The van der Waals surface area contributed by atoms with Crippen molar-refractivity contribution in [1.82, 2.24) is 5.32 Å². The van der Waals surface area contributed by atoms with Gasteiger partial charge < -0.3 is 20.1 Å². The first kappa shape index (κ1) is 15.3. The first-order valence-electron chi connectivity index (χ1n) is 7.11. The maximum absolute atomic E-state index is 11.9. The zero-order chi connectivity index (χ0) is 15.1. The lowest BCUT2D eigenvalue weighted by Crippen LogP contribution is -2.39. The highest BCUT2D eigenvalue weighted by molar-refractivity contribution is 5.96. The number of rotatable bonds is 6. The first-order chi connectivity index (χ1) is 10.2. The third kappa shape index (κ3) is 4.46. The fourth-order valence-corrected chi connectivity index (χ4v) is 2.11. The molecule has 1 atom stereocenters. The predicted molar refractivity (Wildman–Crippen MR) is 78.2 cm³/mol. The quantitative estimate of drug-likeness (QED) is 0.829. The average molecular weight is 292 g/mol. The van der Waals surface area contributed by atoms with Crippen molar-refractivity contribution in [1.29, 1.82) is 0 Å². The van der Waals surface area contributed by atoms with Gasteiger partial charge in [0.1, 0.15) is 11.9 Å². The molecule has 1 aromatic carbocycles. The number of amides is 2. The van der Waals surface area contributed by atoms with E-state index in [0.29, 0.717) is 31.1 Å². The Hall–Kier alpha value is -2.08. The van der Waals surface area contributed by atoms with Crippen molar-refractivity contribution in [2.45, 2.75) is 25.9 Å². The monoisotopic (exact) mass is 292 g/mol. The van der Waals surface area contributed by atoms with E-state index in [4.69, 9.17) is 9.47 Å². The molecule has 114 valence electrons. The van der Waals surface area contributed by atoms with Crippen LogP contribution in [0.1, 0.15) is 19.8 Å². The lowest BCUT2D eigenvalue weighted by Gasteiger charge is -2.13. The summed E-state index contributed by atoms with van der Waals surface area (Å²) in [4.78, 5) is 23.6. The Labute approximate surface area is 123 Å². The molecule has 1 aliphatic rings. The minimum Gasteiger partial charge on any atom is -0.492 e. The second-order valence-electron chi connectivity index (χ2n) is 4.70. The lowest BCUT2D eigenvalue weighted by molar-refractivity contribution is -0.131. The molecule has 0 spiro atoms. The van der Waals surface area contributed by atoms with E-state index in [0.717, 1.165) is 6.42 Å². The van der Waals surface area contributed by atoms with Crippen LogP contribution >= 0.6 is 0 Å². The molecule has 1 heterocycles. The fraction of sp³-hybridized carbons (Fsp3) is 0.467. The molecule has 6 heteroatoms. The zero-order valence-corrected chi connectivity index (χ0v) is 12.1. The highest BCUT2D eigenvalue weighted by Crippen LogP contribution is 2.23. The second-order valence-corrected chi connectivity index (χ2v) is 4.70. The van der Waals surface area contributed by atoms with Crippen LogP contribution in [0.3, 0.4) is 0 Å². The Bertz CT molecular complexity index is 498. The van der Waals surface area contributed by atoms with Crippen LogP contribution < -0.4 is 15.4 Å². The Morgan fingerprint density at radius 1 is 1.38 bits per heavy atom. The smallest absolute Gasteiger partial charge is 0.249 e. The van der Waals surface area contributed by atoms with E-state index in [9.17, 15) is 9.59 Å². The summed E-state index contributed by atoms with van der Waals surface area (Å²) in [5.41, 5.74) is 0.593. The van der Waals surface area contributed by atoms with Crippen LogP contribution in [0, 0.1) is 0 Å². The van der Waals surface area contributed by atoms with Crippen LogP contribution in [0.15, 0.2) is 24.3 Å². The Morgan fingerprint density at radius 3 is 2.90 bits per heavy atom. The van der Waals surface area contributed by atoms with Crippen molar-refractivity contribution in [3.05, 3.63) is 24.3 Å². The number of carbonyl (C=O) groups excluding carboxylic acids is 2. The minimum absolute atomic E-state index is 0.0842. The SMILES string of the molecule is CCOc1ccccc1NC(=O)CNC(=O)C1CCCO1. The number of para-hydroxylation sites is 2. The molecule has 6 nitrogen and oxygen atoms in total. The molecule has 0 radical (unpaired) electrons. The molecule has 0 aromatic heterocycles. The van der Waals surface area contributed by atoms with Gasteiger partial charge in [-0.05, 0) is 31.9 Å². The molecule has 1 unspecified atom stereocenters. The number of nitrogens with one attached hydrogen (secondary N) is 2. The molecule has 0 saturated carbocycles. The lowest BCUT2D eigenvalue weighted by atomic mass is 10.2. The van der Waals surface area contributed by atoms with Crippen molar-refractivity contribution >= 4 is 17.5 Å². The van der Waals surface area contributed by atoms with Crippen LogP contribution in [-0.4, -0.2) is 37.7 Å². The van der Waals surface area contributed by atoms with E-state index in [1.54, 1.807) is 12.1 Å². The van der Waals surface area contributed by atoms with E-state index in [1.165, 1.54) is 0 Å². The third-order valence-electron chi connectivity index (χ3n) is 3.11. The number of benzene rings is 1. The number of hydrogen-bond acceptors (Lipinski definition) is 4. The van der Waals surface area contributed by atoms with Crippen molar-refractivity contribution < 1.29 is 19.1 Å². The van der Waals surface area contributed by atoms with Gasteiger partial charge in [-0.1, -0.05) is 12.1 Å². The summed E-state index contributed by atoms with van der Waals surface area (Å²) in [6.07, 6.45) is 1.17. The van der Waals surface area contributed by atoms with Gasteiger partial charge in [-0.3, -0.25) is 9.59 Å². The van der Waals surface area contributed by atoms with Gasteiger partial charge in [-0.2, -0.15) is 0 Å². The van der Waals surface area contributed by atoms with Gasteiger partial charge in [0.15, 0.2) is 0 Å². The van der Waals surface area contributed by atoms with Gasteiger partial charge in [-0.15, -0.1) is 0 Å². The highest BCUT2D eigenvalue weighted by atomic mass is 16.5. The molecule has 0 aliphatic carbocycles. The van der Waals surface area contributed by atoms with E-state index in [-0.39, 0.29) is 18.4 Å². The van der Waals surface area contributed by atoms with Gasteiger partial charge in [-0.25, -0.2) is 0 Å². The molecule has 2 amide bonds. The summed E-state index contributed by atoms with van der Waals surface area (Å²) in [6, 6.07) is 7.18. The summed E-state index contributed by atoms with van der Waals surface area (Å²) >= 11 is 0. The molecule has 21 heavy (non-hydrogen) atoms. The maximum Gasteiger partial charge on any atom is 0.249 e. The molecule has 1 saturated heterocycles. The van der Waals surface area contributed by atoms with E-state index >= 15 is 0 Å². The van der Waals surface area contributed by atoms with Gasteiger partial charge in [0.05, 0.1) is 18.8 Å². The highest BCUT2D eigenvalue weighted by Gasteiger charge is 2.23. The second kappa shape index (κ2) is 7.64. The summed E-state index contributed by atoms with van der Waals surface area (Å²) in [5, 5.41) is 5.30. The van der Waals surface area contributed by atoms with E-state index in [1.807, 2.05) is 19.1 Å². The van der Waals surface area contributed by atoms with Gasteiger partial charge in [0.2, 0.25) is 11.8 Å². The van der Waals surface area contributed by atoms with Crippen molar-refractivity contribution in [3.63, 3.8) is 0 Å². The molecule has 1 aromatic rings. The van der Waals surface area contributed by atoms with Gasteiger partial charge >= 0.3 is 0 Å². The molecule has 2 N–H and O–H groups in total. The standard InChI is InChI=1S/C15H20N2O4/c1-2-20-12-7-4-3-6-11(12)17-14(18)10-16-15(19)13-8-5-9-21-13/h3-4,6-7,13H,2,5,8-10H2,1H3,(H,16,19)(H,17,18). The predicted octanol–water partition coefficient (Wildman–Crippen LogP) is 1.32. The van der Waals surface area contributed by atoms with Crippen LogP contribution in [0.4, 0.5) is 5.69 Å². The molecule has 1 aliphatic heterocycles. The molecule has 0 bridgehead atoms. The number of hydrogen-bond donors (Lipinski definition) is 2. The number of anilines is 1. The van der Waals surface area contributed by atoms with E-state index < -0.39 is 6.10 Å². The molecule has 2 rings (SSSR count). The first-order valence-corrected chi connectivity index (χ1v) is 7.11. The average Bonchev–Trinajstić information content (AvgIpc) is 3.01. The number of ether oxygens (including phenoxy) is 2. The fourth-order valence-electron chi connectivity index (χ4n) is 2.11.